The largest absolute Gasteiger partial charge is 0.481 e. The van der Waals surface area contributed by atoms with Crippen LogP contribution in [0, 0.1) is 0 Å². The SMILES string of the molecule is O=C(O)CCCCC(S)CCS.[Na].[Zn]. The topological polar surface area (TPSA) is 37.3 Å². The smallest absolute Gasteiger partial charge is 0.303 e. The normalized spacial score (nSPS) is 11.0. The summed E-state index contributed by atoms with van der Waals surface area (Å²) in [5, 5.41) is 8.74. The summed E-state index contributed by atoms with van der Waals surface area (Å²) in [6.07, 6.45) is 3.99. The number of rotatable bonds is 7. The van der Waals surface area contributed by atoms with Gasteiger partial charge in [0.05, 0.1) is 0 Å². The molecule has 0 rings (SSSR count). The van der Waals surface area contributed by atoms with E-state index in [4.69, 9.17) is 5.11 Å². The van der Waals surface area contributed by atoms with Gasteiger partial charge in [-0.05, 0) is 25.0 Å². The van der Waals surface area contributed by atoms with Gasteiger partial charge in [0, 0.05) is 60.7 Å². The summed E-state index contributed by atoms with van der Waals surface area (Å²) in [6.45, 7) is 0. The Bertz CT molecular complexity index is 139. The van der Waals surface area contributed by atoms with Gasteiger partial charge in [0.2, 0.25) is 0 Å². The van der Waals surface area contributed by atoms with Crippen molar-refractivity contribution in [1.82, 2.24) is 0 Å². The van der Waals surface area contributed by atoms with Crippen molar-refractivity contribution in [2.75, 3.05) is 5.75 Å². The maximum Gasteiger partial charge on any atom is 0.303 e. The fourth-order valence-corrected chi connectivity index (χ4v) is 1.78. The molecule has 0 amide bonds. The Morgan fingerprint density at radius 1 is 1.29 bits per heavy atom. The van der Waals surface area contributed by atoms with Crippen LogP contribution in [0.25, 0.3) is 0 Å². The van der Waals surface area contributed by atoms with Gasteiger partial charge < -0.3 is 5.11 Å². The van der Waals surface area contributed by atoms with E-state index in [1.54, 1.807) is 0 Å². The van der Waals surface area contributed by atoms with Crippen molar-refractivity contribution in [1.29, 1.82) is 0 Å². The number of carboxylic acids is 1. The van der Waals surface area contributed by atoms with Gasteiger partial charge >= 0.3 is 5.97 Å². The molecule has 1 atom stereocenters. The molecule has 1 radical (unpaired) electrons. The van der Waals surface area contributed by atoms with Crippen LogP contribution in [-0.2, 0) is 24.3 Å². The Labute approximate surface area is 132 Å². The van der Waals surface area contributed by atoms with E-state index in [9.17, 15) is 4.79 Å². The van der Waals surface area contributed by atoms with E-state index in [0.29, 0.717) is 5.25 Å². The number of hydrogen-bond donors (Lipinski definition) is 3. The molecule has 2 nitrogen and oxygen atoms in total. The van der Waals surface area contributed by atoms with Crippen LogP contribution in [0.4, 0.5) is 0 Å². The Hall–Kier alpha value is 1.79. The molecule has 0 aromatic heterocycles. The summed E-state index contributed by atoms with van der Waals surface area (Å²) in [4.78, 5) is 10.1. The Balaban J connectivity index is -0.000000605. The van der Waals surface area contributed by atoms with Crippen LogP contribution in [0.2, 0.25) is 0 Å². The molecule has 0 aliphatic heterocycles. The Morgan fingerprint density at radius 3 is 2.29 bits per heavy atom. The third-order valence-electron chi connectivity index (χ3n) is 1.64. The molecule has 0 saturated carbocycles. The molecule has 0 aliphatic rings. The molecule has 0 aromatic carbocycles. The number of carbonyl (C=O) groups is 1. The van der Waals surface area contributed by atoms with Gasteiger partial charge in [0.25, 0.3) is 0 Å². The Morgan fingerprint density at radius 2 is 1.86 bits per heavy atom. The quantitative estimate of drug-likeness (QED) is 0.381. The van der Waals surface area contributed by atoms with E-state index >= 15 is 0 Å². The maximum absolute atomic E-state index is 10.1. The molecule has 0 bridgehead atoms. The van der Waals surface area contributed by atoms with Crippen molar-refractivity contribution in [3.63, 3.8) is 0 Å². The first-order valence-corrected chi connectivity index (χ1v) is 5.32. The van der Waals surface area contributed by atoms with Crippen molar-refractivity contribution in [3.05, 3.63) is 0 Å². The van der Waals surface area contributed by atoms with Crippen LogP contribution < -0.4 is 0 Å². The molecule has 0 saturated heterocycles. The van der Waals surface area contributed by atoms with Crippen molar-refractivity contribution in [3.8, 4) is 0 Å². The molecule has 1 unspecified atom stereocenters. The minimum atomic E-state index is -0.708. The zero-order chi connectivity index (χ0) is 9.40. The summed E-state index contributed by atoms with van der Waals surface area (Å²) in [5.74, 6) is 0.146. The predicted octanol–water partition coefficient (Wildman–Crippen LogP) is 1.87. The van der Waals surface area contributed by atoms with Gasteiger partial charge in [0.1, 0.15) is 0 Å². The van der Waals surface area contributed by atoms with Crippen molar-refractivity contribution < 1.29 is 29.4 Å². The first kappa shape index (κ1) is 21.1. The molecule has 0 aliphatic carbocycles. The van der Waals surface area contributed by atoms with Crippen LogP contribution in [0.5, 0.6) is 0 Å². The molecule has 0 fully saturated rings. The summed E-state index contributed by atoms with van der Waals surface area (Å²) < 4.78 is 0. The molecule has 0 aromatic rings. The minimum absolute atomic E-state index is 0. The second-order valence-corrected chi connectivity index (χ2v) is 3.98. The first-order valence-electron chi connectivity index (χ1n) is 4.17. The zero-order valence-electron chi connectivity index (χ0n) is 8.78. The van der Waals surface area contributed by atoms with Crippen molar-refractivity contribution >= 4 is 60.8 Å². The number of carboxylic acid groups (broad SMARTS) is 1. The molecular formula is C8H16NaO2S2Zn. The monoisotopic (exact) mass is 295 g/mol. The van der Waals surface area contributed by atoms with Gasteiger partial charge in [-0.25, -0.2) is 0 Å². The van der Waals surface area contributed by atoms with E-state index in [1.807, 2.05) is 0 Å². The molecule has 75 valence electrons. The number of hydrogen-bond acceptors (Lipinski definition) is 3. The zero-order valence-corrected chi connectivity index (χ0v) is 15.5. The van der Waals surface area contributed by atoms with Crippen molar-refractivity contribution in [2.24, 2.45) is 0 Å². The van der Waals surface area contributed by atoms with E-state index < -0.39 is 5.97 Å². The van der Waals surface area contributed by atoms with Gasteiger partial charge in [-0.2, -0.15) is 25.3 Å². The molecule has 0 spiro atoms. The maximum atomic E-state index is 10.1. The summed E-state index contributed by atoms with van der Waals surface area (Å²) in [5.41, 5.74) is 0. The second-order valence-electron chi connectivity index (χ2n) is 2.81. The fourth-order valence-electron chi connectivity index (χ4n) is 0.950. The first-order chi connectivity index (χ1) is 5.66. The standard InChI is InChI=1S/C8H16O2S2.Na.Zn/c9-8(10)4-2-1-3-7(12)5-6-11;;/h7,11-12H,1-6H2,(H,9,10);;. The average molecular weight is 297 g/mol. The molecule has 1 N–H and O–H groups in total. The molecular weight excluding hydrogens is 281 g/mol. The summed E-state index contributed by atoms with van der Waals surface area (Å²) in [6, 6.07) is 0. The van der Waals surface area contributed by atoms with E-state index in [1.165, 1.54) is 0 Å². The predicted molar refractivity (Wildman–Crippen MR) is 63.1 cm³/mol. The molecule has 14 heavy (non-hydrogen) atoms. The molecule has 0 heterocycles. The number of thiol groups is 2. The molecule has 6 heteroatoms. The van der Waals surface area contributed by atoms with Gasteiger partial charge in [0.15, 0.2) is 0 Å². The van der Waals surface area contributed by atoms with E-state index in [2.05, 4.69) is 25.3 Å². The van der Waals surface area contributed by atoms with Crippen LogP contribution in [0.15, 0.2) is 0 Å². The number of aliphatic carboxylic acids is 1. The minimum Gasteiger partial charge on any atom is -0.481 e. The van der Waals surface area contributed by atoms with Gasteiger partial charge in [-0.3, -0.25) is 4.79 Å². The van der Waals surface area contributed by atoms with E-state index in [-0.39, 0.29) is 55.5 Å². The Kier molecular flexibility index (Phi) is 22.3. The third-order valence-corrected chi connectivity index (χ3v) is 2.41. The second kappa shape index (κ2) is 14.8. The van der Waals surface area contributed by atoms with Crippen molar-refractivity contribution in [2.45, 2.75) is 37.4 Å². The summed E-state index contributed by atoms with van der Waals surface area (Å²) in [7, 11) is 0. The summed E-state index contributed by atoms with van der Waals surface area (Å²) >= 11 is 8.43. The third kappa shape index (κ3) is 16.2. The van der Waals surface area contributed by atoms with E-state index in [0.717, 1.165) is 31.4 Å². The van der Waals surface area contributed by atoms with Gasteiger partial charge in [-0.1, -0.05) is 6.42 Å². The van der Waals surface area contributed by atoms with Crippen LogP contribution >= 0.6 is 25.3 Å². The number of unbranched alkanes of at least 4 members (excludes halogenated alkanes) is 1. The van der Waals surface area contributed by atoms with Crippen LogP contribution in [-0.4, -0.2) is 51.6 Å². The van der Waals surface area contributed by atoms with Crippen LogP contribution in [0.1, 0.15) is 32.1 Å². The average Bonchev–Trinajstić information content (AvgIpc) is 1.98. The van der Waals surface area contributed by atoms with Crippen LogP contribution in [0.3, 0.4) is 0 Å². The van der Waals surface area contributed by atoms with Gasteiger partial charge in [-0.15, -0.1) is 0 Å². The fraction of sp³-hybridized carbons (Fsp3) is 0.875.